The molecule has 3 aromatic carbocycles. The highest BCUT2D eigenvalue weighted by molar-refractivity contribution is 5.82. The quantitative estimate of drug-likeness (QED) is 0.663. The van der Waals surface area contributed by atoms with Gasteiger partial charge in [0.05, 0.1) is 5.92 Å². The maximum Gasteiger partial charge on any atom is 0.225 e. The molecular weight excluding hydrogens is 384 g/mol. The SMILES string of the molecule is O=C1NCCN(C(=O)CCc2ccccc2)C[C@@H]1Cc1ccccc1-c1ccccc1. The first-order chi connectivity index (χ1) is 15.2. The number of rotatable bonds is 6. The number of carbonyl (C=O) groups excluding carboxylic acids is 2. The summed E-state index contributed by atoms with van der Waals surface area (Å²) in [5, 5.41) is 3.00. The summed E-state index contributed by atoms with van der Waals surface area (Å²) in [5.74, 6) is -0.115. The molecule has 1 atom stereocenters. The molecule has 4 rings (SSSR count). The summed E-state index contributed by atoms with van der Waals surface area (Å²) in [4.78, 5) is 27.5. The van der Waals surface area contributed by atoms with E-state index < -0.39 is 0 Å². The van der Waals surface area contributed by atoms with E-state index in [0.717, 1.165) is 28.7 Å². The van der Waals surface area contributed by atoms with Crippen molar-refractivity contribution in [1.29, 1.82) is 0 Å². The van der Waals surface area contributed by atoms with E-state index in [2.05, 4.69) is 29.6 Å². The Labute approximate surface area is 183 Å². The first-order valence-corrected chi connectivity index (χ1v) is 10.9. The summed E-state index contributed by atoms with van der Waals surface area (Å²) >= 11 is 0. The Morgan fingerprint density at radius 3 is 2.35 bits per heavy atom. The van der Waals surface area contributed by atoms with Gasteiger partial charge in [-0.1, -0.05) is 84.9 Å². The topological polar surface area (TPSA) is 49.4 Å². The Balaban J connectivity index is 1.47. The minimum atomic E-state index is -0.256. The van der Waals surface area contributed by atoms with Gasteiger partial charge in [-0.05, 0) is 35.1 Å². The van der Waals surface area contributed by atoms with Crippen LogP contribution in [0, 0.1) is 5.92 Å². The summed E-state index contributed by atoms with van der Waals surface area (Å²) in [6, 6.07) is 28.5. The van der Waals surface area contributed by atoms with Crippen molar-refractivity contribution in [3.05, 3.63) is 96.1 Å². The number of hydrogen-bond acceptors (Lipinski definition) is 2. The maximum absolute atomic E-state index is 12.9. The fourth-order valence-electron chi connectivity index (χ4n) is 4.20. The molecule has 3 aromatic rings. The molecular formula is C27H28N2O2. The third-order valence-corrected chi connectivity index (χ3v) is 5.88. The van der Waals surface area contributed by atoms with Crippen LogP contribution < -0.4 is 5.32 Å². The van der Waals surface area contributed by atoms with Crippen LogP contribution in [-0.2, 0) is 22.4 Å². The normalized spacial score (nSPS) is 16.5. The lowest BCUT2D eigenvalue weighted by atomic mass is 9.91. The molecule has 0 bridgehead atoms. The van der Waals surface area contributed by atoms with E-state index in [1.807, 2.05) is 65.6 Å². The van der Waals surface area contributed by atoms with Crippen molar-refractivity contribution in [2.45, 2.75) is 19.3 Å². The molecule has 0 saturated carbocycles. The number of nitrogens with one attached hydrogen (secondary N) is 1. The van der Waals surface area contributed by atoms with E-state index in [1.54, 1.807) is 0 Å². The van der Waals surface area contributed by atoms with Crippen LogP contribution in [-0.4, -0.2) is 36.3 Å². The first kappa shape index (κ1) is 20.9. The monoisotopic (exact) mass is 412 g/mol. The second-order valence-corrected chi connectivity index (χ2v) is 8.04. The zero-order chi connectivity index (χ0) is 21.5. The van der Waals surface area contributed by atoms with Gasteiger partial charge in [0, 0.05) is 26.1 Å². The van der Waals surface area contributed by atoms with Gasteiger partial charge in [-0.25, -0.2) is 0 Å². The predicted molar refractivity (Wildman–Crippen MR) is 123 cm³/mol. The summed E-state index contributed by atoms with van der Waals surface area (Å²) in [6.45, 7) is 1.53. The number of amides is 2. The lowest BCUT2D eigenvalue weighted by molar-refractivity contribution is -0.132. The molecule has 0 aromatic heterocycles. The second kappa shape index (κ2) is 10.1. The molecule has 1 fully saturated rings. The predicted octanol–water partition coefficient (Wildman–Crippen LogP) is 4.10. The Morgan fingerprint density at radius 2 is 1.58 bits per heavy atom. The summed E-state index contributed by atoms with van der Waals surface area (Å²) in [7, 11) is 0. The first-order valence-electron chi connectivity index (χ1n) is 10.9. The molecule has 31 heavy (non-hydrogen) atoms. The van der Waals surface area contributed by atoms with Gasteiger partial charge in [-0.3, -0.25) is 9.59 Å². The molecule has 0 aliphatic carbocycles. The molecule has 0 radical (unpaired) electrons. The molecule has 1 aliphatic rings. The second-order valence-electron chi connectivity index (χ2n) is 8.04. The van der Waals surface area contributed by atoms with Crippen LogP contribution in [0.5, 0.6) is 0 Å². The van der Waals surface area contributed by atoms with Gasteiger partial charge in [-0.2, -0.15) is 0 Å². The van der Waals surface area contributed by atoms with Crippen LogP contribution in [0.25, 0.3) is 11.1 Å². The fourth-order valence-corrected chi connectivity index (χ4v) is 4.20. The number of hydrogen-bond donors (Lipinski definition) is 1. The van der Waals surface area contributed by atoms with Crippen LogP contribution in [0.2, 0.25) is 0 Å². The van der Waals surface area contributed by atoms with Crippen molar-refractivity contribution < 1.29 is 9.59 Å². The van der Waals surface area contributed by atoms with E-state index in [-0.39, 0.29) is 17.7 Å². The molecule has 4 nitrogen and oxygen atoms in total. The van der Waals surface area contributed by atoms with Crippen LogP contribution in [0.15, 0.2) is 84.9 Å². The highest BCUT2D eigenvalue weighted by atomic mass is 16.2. The third kappa shape index (κ3) is 5.40. The molecule has 0 spiro atoms. The van der Waals surface area contributed by atoms with Crippen LogP contribution in [0.3, 0.4) is 0 Å². The lowest BCUT2D eigenvalue weighted by Gasteiger charge is -2.24. The molecule has 1 saturated heterocycles. The molecule has 1 heterocycles. The highest BCUT2D eigenvalue weighted by Crippen LogP contribution is 2.26. The standard InChI is InChI=1S/C27H28N2O2/c30-26(16-15-21-9-3-1-4-10-21)29-18-17-28-27(31)24(20-29)19-23-13-7-8-14-25(23)22-11-5-2-6-12-22/h1-14,24H,15-20H2,(H,28,31)/t24-/m0/s1. The minimum Gasteiger partial charge on any atom is -0.354 e. The van der Waals surface area contributed by atoms with E-state index in [1.165, 1.54) is 0 Å². The highest BCUT2D eigenvalue weighted by Gasteiger charge is 2.28. The zero-order valence-corrected chi connectivity index (χ0v) is 17.7. The Morgan fingerprint density at radius 1 is 0.903 bits per heavy atom. The van der Waals surface area contributed by atoms with Crippen molar-refractivity contribution in [1.82, 2.24) is 10.2 Å². The molecule has 1 N–H and O–H groups in total. The Bertz CT molecular complexity index is 1020. The van der Waals surface area contributed by atoms with Gasteiger partial charge in [0.1, 0.15) is 0 Å². The smallest absolute Gasteiger partial charge is 0.225 e. The van der Waals surface area contributed by atoms with Crippen LogP contribution in [0.4, 0.5) is 0 Å². The van der Waals surface area contributed by atoms with Crippen molar-refractivity contribution in [2.24, 2.45) is 5.92 Å². The van der Waals surface area contributed by atoms with Crippen molar-refractivity contribution >= 4 is 11.8 Å². The summed E-state index contributed by atoms with van der Waals surface area (Å²) in [6.07, 6.45) is 1.80. The Hall–Kier alpha value is -3.40. The fraction of sp³-hybridized carbons (Fsp3) is 0.259. The molecule has 0 unspecified atom stereocenters. The van der Waals surface area contributed by atoms with Crippen LogP contribution in [0.1, 0.15) is 17.5 Å². The third-order valence-electron chi connectivity index (χ3n) is 5.88. The van der Waals surface area contributed by atoms with Gasteiger partial charge >= 0.3 is 0 Å². The van der Waals surface area contributed by atoms with E-state index in [4.69, 9.17) is 0 Å². The Kier molecular flexibility index (Phi) is 6.78. The van der Waals surface area contributed by atoms with Gasteiger partial charge in [0.2, 0.25) is 11.8 Å². The average Bonchev–Trinajstić information content (AvgIpc) is 3.00. The van der Waals surface area contributed by atoms with Crippen LogP contribution >= 0.6 is 0 Å². The number of nitrogens with zero attached hydrogens (tertiary/aromatic N) is 1. The minimum absolute atomic E-state index is 0.0289. The molecule has 158 valence electrons. The molecule has 1 aliphatic heterocycles. The van der Waals surface area contributed by atoms with Crippen molar-refractivity contribution in [3.8, 4) is 11.1 Å². The number of aryl methyl sites for hydroxylation is 1. The van der Waals surface area contributed by atoms with Gasteiger partial charge in [0.25, 0.3) is 0 Å². The maximum atomic E-state index is 12.9. The van der Waals surface area contributed by atoms with E-state index >= 15 is 0 Å². The van der Waals surface area contributed by atoms with Gasteiger partial charge in [0.15, 0.2) is 0 Å². The van der Waals surface area contributed by atoms with Gasteiger partial charge < -0.3 is 10.2 Å². The summed E-state index contributed by atoms with van der Waals surface area (Å²) < 4.78 is 0. The number of carbonyl (C=O) groups is 2. The molecule has 4 heteroatoms. The van der Waals surface area contributed by atoms with Gasteiger partial charge in [-0.15, -0.1) is 0 Å². The van der Waals surface area contributed by atoms with Crippen molar-refractivity contribution in [3.63, 3.8) is 0 Å². The number of benzene rings is 3. The van der Waals surface area contributed by atoms with E-state index in [9.17, 15) is 9.59 Å². The van der Waals surface area contributed by atoms with E-state index in [0.29, 0.717) is 32.5 Å². The summed E-state index contributed by atoms with van der Waals surface area (Å²) in [5.41, 5.74) is 4.57. The average molecular weight is 413 g/mol. The zero-order valence-electron chi connectivity index (χ0n) is 17.7. The largest absolute Gasteiger partial charge is 0.354 e. The lowest BCUT2D eigenvalue weighted by Crippen LogP contribution is -2.37. The molecule has 2 amide bonds. The van der Waals surface area contributed by atoms with Crippen molar-refractivity contribution in [2.75, 3.05) is 19.6 Å².